The molecule has 0 saturated carbocycles. The fourth-order valence-corrected chi connectivity index (χ4v) is 3.12. The molecule has 25 heavy (non-hydrogen) atoms. The van der Waals surface area contributed by atoms with E-state index in [0.717, 1.165) is 12.8 Å². The average Bonchev–Trinajstić information content (AvgIpc) is 2.60. The van der Waals surface area contributed by atoms with Crippen molar-refractivity contribution >= 4 is 15.7 Å². The lowest BCUT2D eigenvalue weighted by molar-refractivity contribution is 0.267. The van der Waals surface area contributed by atoms with Gasteiger partial charge in [0.2, 0.25) is 0 Å². The zero-order valence-electron chi connectivity index (χ0n) is 14.3. The fourth-order valence-electron chi connectivity index (χ4n) is 2.04. The molecule has 0 fully saturated rings. The van der Waals surface area contributed by atoms with Crippen LogP contribution in [0.1, 0.15) is 26.7 Å². The molecule has 0 aliphatic carbocycles. The summed E-state index contributed by atoms with van der Waals surface area (Å²) in [6.45, 7) is 4.92. The predicted molar refractivity (Wildman–Crippen MR) is 95.2 cm³/mol. The van der Waals surface area contributed by atoms with Crippen LogP contribution in [0.4, 0.5) is 10.1 Å². The van der Waals surface area contributed by atoms with Crippen molar-refractivity contribution in [2.75, 3.05) is 17.9 Å². The molecule has 0 amide bonds. The molecule has 0 aromatic heterocycles. The Bertz CT molecular complexity index is 791. The van der Waals surface area contributed by atoms with Crippen LogP contribution in [-0.4, -0.2) is 21.6 Å². The number of benzene rings is 2. The molecule has 136 valence electrons. The van der Waals surface area contributed by atoms with Crippen LogP contribution in [0.3, 0.4) is 0 Å². The van der Waals surface area contributed by atoms with Gasteiger partial charge in [-0.15, -0.1) is 0 Å². The van der Waals surface area contributed by atoms with E-state index in [1.54, 1.807) is 6.07 Å². The van der Waals surface area contributed by atoms with Crippen molar-refractivity contribution in [2.45, 2.75) is 31.6 Å². The van der Waals surface area contributed by atoms with Crippen LogP contribution in [-0.2, 0) is 10.0 Å². The lowest BCUT2D eigenvalue weighted by Gasteiger charge is -2.14. The Morgan fingerprint density at radius 2 is 1.52 bits per heavy atom. The normalized spacial score (nSPS) is 11.2. The summed E-state index contributed by atoms with van der Waals surface area (Å²) < 4.78 is 51.7. The maximum atomic E-state index is 13.0. The Morgan fingerprint density at radius 3 is 2.12 bits per heavy atom. The highest BCUT2D eigenvalue weighted by molar-refractivity contribution is 7.92. The number of anilines is 1. The molecular weight excluding hydrogens is 345 g/mol. The van der Waals surface area contributed by atoms with Gasteiger partial charge in [0.1, 0.15) is 5.82 Å². The van der Waals surface area contributed by atoms with Crippen LogP contribution >= 0.6 is 0 Å². The first-order valence-electron chi connectivity index (χ1n) is 8.14. The monoisotopic (exact) mass is 367 g/mol. The fraction of sp³-hybridized carbons (Fsp3) is 0.333. The Morgan fingerprint density at radius 1 is 0.920 bits per heavy atom. The molecule has 2 aromatic rings. The van der Waals surface area contributed by atoms with Crippen molar-refractivity contribution in [1.29, 1.82) is 0 Å². The summed E-state index contributed by atoms with van der Waals surface area (Å²) in [5, 5.41) is 0. The van der Waals surface area contributed by atoms with E-state index >= 15 is 0 Å². The van der Waals surface area contributed by atoms with Gasteiger partial charge in [-0.3, -0.25) is 4.72 Å². The minimum absolute atomic E-state index is 0.0479. The van der Waals surface area contributed by atoms with Gasteiger partial charge in [-0.2, -0.15) is 0 Å². The van der Waals surface area contributed by atoms with Crippen molar-refractivity contribution in [2.24, 2.45) is 0 Å². The van der Waals surface area contributed by atoms with Gasteiger partial charge in [0, 0.05) is 11.8 Å². The number of hydrogen-bond acceptors (Lipinski definition) is 4. The van der Waals surface area contributed by atoms with E-state index in [1.165, 1.54) is 36.4 Å². The first kappa shape index (κ1) is 19.1. The zero-order valence-corrected chi connectivity index (χ0v) is 15.1. The molecule has 5 nitrogen and oxygen atoms in total. The summed E-state index contributed by atoms with van der Waals surface area (Å²) in [6.07, 6.45) is 1.62. The Labute approximate surface area is 147 Å². The zero-order chi connectivity index (χ0) is 18.3. The van der Waals surface area contributed by atoms with Crippen LogP contribution in [0.5, 0.6) is 11.5 Å². The Hall–Kier alpha value is -2.28. The first-order valence-corrected chi connectivity index (χ1v) is 9.62. The van der Waals surface area contributed by atoms with Gasteiger partial charge in [-0.05, 0) is 49.2 Å². The molecule has 0 unspecified atom stereocenters. The molecule has 0 aliphatic heterocycles. The van der Waals surface area contributed by atoms with Crippen molar-refractivity contribution in [1.82, 2.24) is 0 Å². The molecule has 1 N–H and O–H groups in total. The third-order valence-corrected chi connectivity index (χ3v) is 4.62. The molecule has 7 heteroatoms. The lowest BCUT2D eigenvalue weighted by Crippen LogP contribution is -2.13. The van der Waals surface area contributed by atoms with Crippen molar-refractivity contribution < 1.29 is 22.3 Å². The van der Waals surface area contributed by atoms with E-state index in [0.29, 0.717) is 24.7 Å². The summed E-state index contributed by atoms with van der Waals surface area (Å²) in [5.41, 5.74) is 0.281. The van der Waals surface area contributed by atoms with Crippen LogP contribution < -0.4 is 14.2 Å². The molecule has 0 heterocycles. The molecule has 0 bridgehead atoms. The summed E-state index contributed by atoms with van der Waals surface area (Å²) in [7, 11) is -3.82. The number of hydrogen-bond donors (Lipinski definition) is 1. The van der Waals surface area contributed by atoms with E-state index in [2.05, 4.69) is 4.72 Å². The van der Waals surface area contributed by atoms with Gasteiger partial charge < -0.3 is 9.47 Å². The summed E-state index contributed by atoms with van der Waals surface area (Å²) in [4.78, 5) is 0.0479. The maximum absolute atomic E-state index is 13.0. The molecule has 0 saturated heterocycles. The average molecular weight is 367 g/mol. The highest BCUT2D eigenvalue weighted by atomic mass is 32.2. The first-order chi connectivity index (χ1) is 12.0. The molecular formula is C18H22FNO4S. The second kappa shape index (κ2) is 8.71. The van der Waals surface area contributed by atoms with Crippen molar-refractivity contribution in [3.05, 3.63) is 48.3 Å². The van der Waals surface area contributed by atoms with E-state index in [-0.39, 0.29) is 10.6 Å². The summed E-state index contributed by atoms with van der Waals surface area (Å²) in [5.74, 6) is 0.462. The van der Waals surface area contributed by atoms with Crippen LogP contribution in [0.2, 0.25) is 0 Å². The number of nitrogens with one attached hydrogen (secondary N) is 1. The van der Waals surface area contributed by atoms with Crippen LogP contribution in [0.25, 0.3) is 0 Å². The molecule has 0 spiro atoms. The molecule has 0 radical (unpaired) electrons. The predicted octanol–water partition coefficient (Wildman–Crippen LogP) is 4.20. The smallest absolute Gasteiger partial charge is 0.262 e. The third-order valence-electron chi connectivity index (χ3n) is 3.25. The number of sulfonamides is 1. The molecule has 0 atom stereocenters. The lowest BCUT2D eigenvalue weighted by atomic mass is 10.3. The number of halogens is 1. The Kier molecular flexibility index (Phi) is 6.64. The van der Waals surface area contributed by atoms with Crippen molar-refractivity contribution in [3.63, 3.8) is 0 Å². The van der Waals surface area contributed by atoms with Gasteiger partial charge in [0.05, 0.1) is 18.1 Å². The standard InChI is InChI=1S/C18H22FNO4S/c1-3-11-23-17-10-9-16(13-18(17)24-12-4-2)25(21,22)20-15-7-5-14(19)6-8-15/h5-10,13,20H,3-4,11-12H2,1-2H3. The maximum Gasteiger partial charge on any atom is 0.262 e. The topological polar surface area (TPSA) is 64.6 Å². The molecule has 2 rings (SSSR count). The van der Waals surface area contributed by atoms with Gasteiger partial charge in [-0.25, -0.2) is 12.8 Å². The largest absolute Gasteiger partial charge is 0.490 e. The minimum Gasteiger partial charge on any atom is -0.490 e. The van der Waals surface area contributed by atoms with Gasteiger partial charge in [0.15, 0.2) is 11.5 Å². The minimum atomic E-state index is -3.82. The van der Waals surface area contributed by atoms with Gasteiger partial charge in [-0.1, -0.05) is 13.8 Å². The second-order valence-corrected chi connectivity index (χ2v) is 7.10. The molecule has 2 aromatic carbocycles. The van der Waals surface area contributed by atoms with E-state index in [4.69, 9.17) is 9.47 Å². The van der Waals surface area contributed by atoms with Gasteiger partial charge in [0.25, 0.3) is 10.0 Å². The second-order valence-electron chi connectivity index (χ2n) is 5.42. The number of ether oxygens (including phenoxy) is 2. The van der Waals surface area contributed by atoms with E-state index < -0.39 is 15.8 Å². The summed E-state index contributed by atoms with van der Waals surface area (Å²) in [6, 6.07) is 9.58. The van der Waals surface area contributed by atoms with Gasteiger partial charge >= 0.3 is 0 Å². The van der Waals surface area contributed by atoms with Crippen LogP contribution in [0.15, 0.2) is 47.4 Å². The number of rotatable bonds is 9. The van der Waals surface area contributed by atoms with E-state index in [9.17, 15) is 12.8 Å². The molecule has 0 aliphatic rings. The SMILES string of the molecule is CCCOc1ccc(S(=O)(=O)Nc2ccc(F)cc2)cc1OCCC. The quantitative estimate of drug-likeness (QED) is 0.721. The van der Waals surface area contributed by atoms with E-state index in [1.807, 2.05) is 13.8 Å². The van der Waals surface area contributed by atoms with Crippen molar-refractivity contribution in [3.8, 4) is 11.5 Å². The summed E-state index contributed by atoms with van der Waals surface area (Å²) >= 11 is 0. The third kappa shape index (κ3) is 5.35. The highest BCUT2D eigenvalue weighted by Crippen LogP contribution is 2.31. The van der Waals surface area contributed by atoms with Crippen LogP contribution in [0, 0.1) is 5.82 Å². The highest BCUT2D eigenvalue weighted by Gasteiger charge is 2.18. The Balaban J connectivity index is 2.27.